The first-order chi connectivity index (χ1) is 9.00. The van der Waals surface area contributed by atoms with Crippen LogP contribution in [0.4, 0.5) is 0 Å². The standard InChI is InChI=1S/C12H18N4O2S/c1-12(2,11-14-5-8-19-11)15-9(17)10(18)16-6-3-13-4-7-16/h5,8,13H,3-4,6-7H2,1-2H3,(H,15,17). The van der Waals surface area contributed by atoms with Crippen molar-refractivity contribution in [1.29, 1.82) is 0 Å². The number of carbonyl (C=O) groups excluding carboxylic acids is 2. The molecular formula is C12H18N4O2S. The molecule has 2 heterocycles. The molecule has 1 saturated heterocycles. The largest absolute Gasteiger partial charge is 0.336 e. The van der Waals surface area contributed by atoms with Crippen LogP contribution < -0.4 is 10.6 Å². The Kier molecular flexibility index (Phi) is 4.16. The molecule has 0 radical (unpaired) electrons. The highest BCUT2D eigenvalue weighted by atomic mass is 32.1. The fraction of sp³-hybridized carbons (Fsp3) is 0.583. The van der Waals surface area contributed by atoms with Gasteiger partial charge in [0.05, 0.1) is 5.54 Å². The Morgan fingerprint density at radius 3 is 2.68 bits per heavy atom. The van der Waals surface area contributed by atoms with Gasteiger partial charge in [-0.25, -0.2) is 4.98 Å². The lowest BCUT2D eigenvalue weighted by molar-refractivity contribution is -0.147. The number of nitrogens with one attached hydrogen (secondary N) is 2. The topological polar surface area (TPSA) is 74.3 Å². The maximum Gasteiger partial charge on any atom is 0.311 e. The fourth-order valence-electron chi connectivity index (χ4n) is 1.93. The summed E-state index contributed by atoms with van der Waals surface area (Å²) in [5.41, 5.74) is -0.630. The molecule has 0 aliphatic carbocycles. The van der Waals surface area contributed by atoms with E-state index in [9.17, 15) is 9.59 Å². The molecule has 0 aromatic carbocycles. The summed E-state index contributed by atoms with van der Waals surface area (Å²) in [4.78, 5) is 29.8. The SMILES string of the molecule is CC(C)(NC(=O)C(=O)N1CCNCC1)c1nccs1. The predicted molar refractivity (Wildman–Crippen MR) is 72.7 cm³/mol. The van der Waals surface area contributed by atoms with Gasteiger partial charge in [-0.15, -0.1) is 11.3 Å². The van der Waals surface area contributed by atoms with Crippen molar-refractivity contribution in [3.63, 3.8) is 0 Å². The molecule has 0 saturated carbocycles. The van der Waals surface area contributed by atoms with E-state index in [2.05, 4.69) is 15.6 Å². The van der Waals surface area contributed by atoms with Gasteiger partial charge in [0.25, 0.3) is 0 Å². The molecule has 2 rings (SSSR count). The van der Waals surface area contributed by atoms with Gasteiger partial charge in [-0.05, 0) is 13.8 Å². The zero-order valence-corrected chi connectivity index (χ0v) is 11.9. The van der Waals surface area contributed by atoms with Gasteiger partial charge in [0.2, 0.25) is 0 Å². The van der Waals surface area contributed by atoms with Gasteiger partial charge in [-0.1, -0.05) is 0 Å². The molecule has 1 aliphatic heterocycles. The van der Waals surface area contributed by atoms with Crippen molar-refractivity contribution in [1.82, 2.24) is 20.5 Å². The Morgan fingerprint density at radius 1 is 1.42 bits per heavy atom. The smallest absolute Gasteiger partial charge is 0.311 e. The van der Waals surface area contributed by atoms with Crippen molar-refractivity contribution in [2.24, 2.45) is 0 Å². The zero-order chi connectivity index (χ0) is 13.9. The summed E-state index contributed by atoms with van der Waals surface area (Å²) < 4.78 is 0. The molecule has 1 fully saturated rings. The van der Waals surface area contributed by atoms with E-state index in [1.807, 2.05) is 19.2 Å². The molecule has 6 nitrogen and oxygen atoms in total. The van der Waals surface area contributed by atoms with Crippen LogP contribution in [0, 0.1) is 0 Å². The quantitative estimate of drug-likeness (QED) is 0.745. The first kappa shape index (κ1) is 14.0. The van der Waals surface area contributed by atoms with E-state index in [0.717, 1.165) is 18.1 Å². The van der Waals surface area contributed by atoms with E-state index in [-0.39, 0.29) is 0 Å². The summed E-state index contributed by atoms with van der Waals surface area (Å²) in [5, 5.41) is 8.53. The molecule has 7 heteroatoms. The number of carbonyl (C=O) groups is 2. The third-order valence-electron chi connectivity index (χ3n) is 2.99. The minimum atomic E-state index is -0.630. The minimum Gasteiger partial charge on any atom is -0.336 e. The van der Waals surface area contributed by atoms with Gasteiger partial charge in [0.15, 0.2) is 0 Å². The van der Waals surface area contributed by atoms with Crippen molar-refractivity contribution in [2.75, 3.05) is 26.2 Å². The Bertz CT molecular complexity index is 452. The molecule has 0 unspecified atom stereocenters. The number of nitrogens with zero attached hydrogens (tertiary/aromatic N) is 2. The van der Waals surface area contributed by atoms with Crippen LogP contribution in [-0.2, 0) is 15.1 Å². The average molecular weight is 282 g/mol. The molecule has 1 aromatic heterocycles. The van der Waals surface area contributed by atoms with E-state index in [1.54, 1.807) is 11.1 Å². The third kappa shape index (κ3) is 3.30. The second-order valence-electron chi connectivity index (χ2n) is 4.96. The molecule has 0 spiro atoms. The van der Waals surface area contributed by atoms with Gasteiger partial charge in [0.1, 0.15) is 5.01 Å². The Labute approximate surface area is 116 Å². The van der Waals surface area contributed by atoms with Gasteiger partial charge in [0, 0.05) is 37.8 Å². The Morgan fingerprint density at radius 2 is 2.11 bits per heavy atom. The number of amides is 2. The van der Waals surface area contributed by atoms with E-state index in [0.29, 0.717) is 13.1 Å². The fourth-order valence-corrected chi connectivity index (χ4v) is 2.65. The molecule has 2 N–H and O–H groups in total. The zero-order valence-electron chi connectivity index (χ0n) is 11.1. The number of rotatable bonds is 2. The van der Waals surface area contributed by atoms with E-state index >= 15 is 0 Å². The maximum absolute atomic E-state index is 12.0. The maximum atomic E-state index is 12.0. The number of hydrogen-bond acceptors (Lipinski definition) is 5. The molecule has 0 atom stereocenters. The lowest BCUT2D eigenvalue weighted by Crippen LogP contribution is -2.54. The first-order valence-electron chi connectivity index (χ1n) is 6.23. The van der Waals surface area contributed by atoms with Crippen LogP contribution >= 0.6 is 11.3 Å². The van der Waals surface area contributed by atoms with E-state index < -0.39 is 17.4 Å². The summed E-state index contributed by atoms with van der Waals surface area (Å²) in [6, 6.07) is 0. The average Bonchev–Trinajstić information content (AvgIpc) is 2.93. The summed E-state index contributed by atoms with van der Waals surface area (Å²) in [7, 11) is 0. The van der Waals surface area contributed by atoms with Crippen molar-refractivity contribution >= 4 is 23.2 Å². The van der Waals surface area contributed by atoms with Crippen molar-refractivity contribution in [3.8, 4) is 0 Å². The lowest BCUT2D eigenvalue weighted by atomic mass is 10.1. The highest BCUT2D eigenvalue weighted by Gasteiger charge is 2.31. The van der Waals surface area contributed by atoms with Gasteiger partial charge in [-0.2, -0.15) is 0 Å². The predicted octanol–water partition coefficient (Wildman–Crippen LogP) is -0.0738. The van der Waals surface area contributed by atoms with Crippen LogP contribution in [0.25, 0.3) is 0 Å². The number of thiazole rings is 1. The molecule has 1 aromatic rings. The normalized spacial score (nSPS) is 16.2. The van der Waals surface area contributed by atoms with Gasteiger partial charge < -0.3 is 15.5 Å². The lowest BCUT2D eigenvalue weighted by Gasteiger charge is -2.29. The first-order valence-corrected chi connectivity index (χ1v) is 7.11. The number of hydrogen-bond donors (Lipinski definition) is 2. The molecule has 104 valence electrons. The molecule has 19 heavy (non-hydrogen) atoms. The van der Waals surface area contributed by atoms with Crippen molar-refractivity contribution < 1.29 is 9.59 Å². The minimum absolute atomic E-state index is 0.467. The molecular weight excluding hydrogens is 264 g/mol. The van der Waals surface area contributed by atoms with Crippen LogP contribution in [-0.4, -0.2) is 47.9 Å². The highest BCUT2D eigenvalue weighted by Crippen LogP contribution is 2.21. The summed E-state index contributed by atoms with van der Waals surface area (Å²) in [6.45, 7) is 6.29. The van der Waals surface area contributed by atoms with Crippen LogP contribution in [0.1, 0.15) is 18.9 Å². The van der Waals surface area contributed by atoms with E-state index in [1.165, 1.54) is 11.3 Å². The summed E-state index contributed by atoms with van der Waals surface area (Å²) in [5.74, 6) is -1.03. The number of piperazine rings is 1. The number of aromatic nitrogens is 1. The second kappa shape index (κ2) is 5.66. The second-order valence-corrected chi connectivity index (χ2v) is 5.85. The van der Waals surface area contributed by atoms with Gasteiger partial charge >= 0.3 is 11.8 Å². The van der Waals surface area contributed by atoms with E-state index in [4.69, 9.17) is 0 Å². The summed E-state index contributed by atoms with van der Waals surface area (Å²) in [6.07, 6.45) is 1.69. The molecule has 1 aliphatic rings. The van der Waals surface area contributed by atoms with Crippen LogP contribution in [0.2, 0.25) is 0 Å². The Hall–Kier alpha value is -1.47. The Balaban J connectivity index is 1.98. The molecule has 0 bridgehead atoms. The third-order valence-corrected chi connectivity index (χ3v) is 4.09. The monoisotopic (exact) mass is 282 g/mol. The van der Waals surface area contributed by atoms with Gasteiger partial charge in [-0.3, -0.25) is 9.59 Å². The van der Waals surface area contributed by atoms with Crippen molar-refractivity contribution in [3.05, 3.63) is 16.6 Å². The van der Waals surface area contributed by atoms with Crippen LogP contribution in [0.5, 0.6) is 0 Å². The molecule has 2 amide bonds. The van der Waals surface area contributed by atoms with Crippen molar-refractivity contribution in [2.45, 2.75) is 19.4 Å². The van der Waals surface area contributed by atoms with Crippen LogP contribution in [0.15, 0.2) is 11.6 Å². The highest BCUT2D eigenvalue weighted by molar-refractivity contribution is 7.09. The summed E-state index contributed by atoms with van der Waals surface area (Å²) >= 11 is 1.46. The van der Waals surface area contributed by atoms with Crippen LogP contribution in [0.3, 0.4) is 0 Å².